The molecule has 4 aromatic heterocycles. The van der Waals surface area contributed by atoms with Gasteiger partial charge in [0.1, 0.15) is 17.8 Å². The van der Waals surface area contributed by atoms with Gasteiger partial charge in [-0.05, 0) is 29.8 Å². The second-order valence-corrected chi connectivity index (χ2v) is 7.94. The van der Waals surface area contributed by atoms with Crippen molar-refractivity contribution in [3.8, 4) is 22.4 Å². The lowest BCUT2D eigenvalue weighted by molar-refractivity contribution is -0.117. The summed E-state index contributed by atoms with van der Waals surface area (Å²) in [6.45, 7) is 4.07. The number of anilines is 1. The molecule has 0 spiro atoms. The highest BCUT2D eigenvalue weighted by molar-refractivity contribution is 6.09. The second kappa shape index (κ2) is 7.23. The van der Waals surface area contributed by atoms with Crippen LogP contribution in [0.25, 0.3) is 44.3 Å². The molecule has 1 aliphatic heterocycles. The molecule has 8 heteroatoms. The summed E-state index contributed by atoms with van der Waals surface area (Å²) in [5, 5.41) is 4.81. The molecular weight excluding hydrogens is 414 g/mol. The van der Waals surface area contributed by atoms with Gasteiger partial charge in [-0.2, -0.15) is 0 Å². The van der Waals surface area contributed by atoms with Crippen molar-refractivity contribution in [2.75, 3.05) is 5.73 Å². The van der Waals surface area contributed by atoms with Gasteiger partial charge in [0, 0.05) is 47.2 Å². The highest BCUT2D eigenvalue weighted by Gasteiger charge is 2.32. The lowest BCUT2D eigenvalue weighted by Crippen LogP contribution is -2.32. The van der Waals surface area contributed by atoms with Gasteiger partial charge in [0.05, 0.1) is 22.6 Å². The fraction of sp³-hybridized carbons (Fsp3) is 0.0800. The van der Waals surface area contributed by atoms with E-state index in [4.69, 9.17) is 5.73 Å². The molecule has 0 radical (unpaired) electrons. The number of hydrogen-bond donors (Lipinski definition) is 2. The van der Waals surface area contributed by atoms with E-state index in [-0.39, 0.29) is 11.9 Å². The topological polar surface area (TPSA) is 112 Å². The maximum absolute atomic E-state index is 12.2. The Balaban J connectivity index is 1.68. The average molecular weight is 433 g/mol. The first-order valence-electron chi connectivity index (χ1n) is 10.5. The smallest absolute Gasteiger partial charge is 0.243 e. The van der Waals surface area contributed by atoms with Gasteiger partial charge in [-0.3, -0.25) is 14.8 Å². The van der Waals surface area contributed by atoms with E-state index in [1.807, 2.05) is 42.7 Å². The van der Waals surface area contributed by atoms with E-state index in [0.29, 0.717) is 18.0 Å². The highest BCUT2D eigenvalue weighted by atomic mass is 16.1. The van der Waals surface area contributed by atoms with Crippen LogP contribution in [-0.4, -0.2) is 30.4 Å². The Morgan fingerprint density at radius 1 is 1.18 bits per heavy atom. The minimum absolute atomic E-state index is 0.240. The minimum atomic E-state index is -0.268. The number of benzene rings is 1. The Morgan fingerprint density at radius 3 is 2.94 bits per heavy atom. The molecule has 33 heavy (non-hydrogen) atoms. The Kier molecular flexibility index (Phi) is 4.19. The number of fused-ring (bicyclic) bond motifs is 6. The van der Waals surface area contributed by atoms with E-state index in [0.717, 1.165) is 44.2 Å². The van der Waals surface area contributed by atoms with E-state index >= 15 is 0 Å². The summed E-state index contributed by atoms with van der Waals surface area (Å²) in [7, 11) is 0. The van der Waals surface area contributed by atoms with Crippen molar-refractivity contribution < 1.29 is 4.79 Å². The largest absolute Gasteiger partial charge is 0.383 e. The summed E-state index contributed by atoms with van der Waals surface area (Å²) in [4.78, 5) is 30.0. The number of pyridine rings is 2. The third-order valence-electron chi connectivity index (χ3n) is 6.10. The number of amides is 1. The SMILES string of the molecule is C=CC(=O)N[C@H]1Cn2c(c(-c3cnc4ccccc4c3)c3c(N)ncnc32)-c2cnccc21. The van der Waals surface area contributed by atoms with Crippen molar-refractivity contribution in [1.29, 1.82) is 0 Å². The summed E-state index contributed by atoms with van der Waals surface area (Å²) < 4.78 is 2.08. The third-order valence-corrected chi connectivity index (χ3v) is 6.10. The summed E-state index contributed by atoms with van der Waals surface area (Å²) in [6, 6.07) is 11.7. The number of nitrogens with zero attached hydrogens (tertiary/aromatic N) is 5. The molecule has 1 aromatic carbocycles. The van der Waals surface area contributed by atoms with Crippen molar-refractivity contribution >= 4 is 33.7 Å². The first kappa shape index (κ1) is 19.1. The molecule has 0 saturated heterocycles. The van der Waals surface area contributed by atoms with Crippen LogP contribution in [0.3, 0.4) is 0 Å². The van der Waals surface area contributed by atoms with Crippen LogP contribution in [0.5, 0.6) is 0 Å². The normalized spacial score (nSPS) is 14.6. The number of hydrogen-bond acceptors (Lipinski definition) is 6. The molecule has 1 aliphatic rings. The Hall–Kier alpha value is -4.59. The fourth-order valence-corrected chi connectivity index (χ4v) is 4.68. The number of nitrogens with two attached hydrogens (primary N) is 1. The highest BCUT2D eigenvalue weighted by Crippen LogP contribution is 2.47. The van der Waals surface area contributed by atoms with Crippen LogP contribution in [0.2, 0.25) is 0 Å². The molecule has 1 atom stereocenters. The van der Waals surface area contributed by atoms with Crippen LogP contribution in [0.4, 0.5) is 5.82 Å². The first-order valence-corrected chi connectivity index (χ1v) is 10.5. The molecule has 6 rings (SSSR count). The molecule has 0 unspecified atom stereocenters. The molecule has 1 amide bonds. The molecule has 8 nitrogen and oxygen atoms in total. The Morgan fingerprint density at radius 2 is 2.06 bits per heavy atom. The molecule has 5 heterocycles. The third kappa shape index (κ3) is 2.88. The van der Waals surface area contributed by atoms with Gasteiger partial charge in [-0.1, -0.05) is 24.8 Å². The Labute approximate surface area is 188 Å². The summed E-state index contributed by atoms with van der Waals surface area (Å²) in [6.07, 6.45) is 8.13. The average Bonchev–Trinajstić information content (AvgIpc) is 3.19. The minimum Gasteiger partial charge on any atom is -0.383 e. The molecule has 160 valence electrons. The van der Waals surface area contributed by atoms with Gasteiger partial charge in [-0.15, -0.1) is 0 Å². The van der Waals surface area contributed by atoms with E-state index in [9.17, 15) is 4.79 Å². The van der Waals surface area contributed by atoms with Crippen molar-refractivity contribution in [2.24, 2.45) is 0 Å². The molecule has 5 aromatic rings. The number of aromatic nitrogens is 5. The van der Waals surface area contributed by atoms with E-state index in [1.54, 1.807) is 6.20 Å². The first-order chi connectivity index (χ1) is 16.2. The van der Waals surface area contributed by atoms with E-state index < -0.39 is 0 Å². The van der Waals surface area contributed by atoms with Crippen LogP contribution >= 0.6 is 0 Å². The quantitative estimate of drug-likeness (QED) is 0.420. The van der Waals surface area contributed by atoms with Gasteiger partial charge in [-0.25, -0.2) is 9.97 Å². The predicted octanol–water partition coefficient (Wildman–Crippen LogP) is 3.65. The van der Waals surface area contributed by atoms with Crippen LogP contribution in [0.15, 0.2) is 74.0 Å². The zero-order valence-corrected chi connectivity index (χ0v) is 17.6. The number of nitrogen functional groups attached to an aromatic ring is 1. The van der Waals surface area contributed by atoms with Crippen molar-refractivity contribution in [3.05, 3.63) is 79.5 Å². The number of nitrogens with one attached hydrogen (secondary N) is 1. The second-order valence-electron chi connectivity index (χ2n) is 7.94. The maximum Gasteiger partial charge on any atom is 0.243 e. The molecular formula is C25H19N7O. The number of carbonyl (C=O) groups excluding carboxylic acids is 1. The van der Waals surface area contributed by atoms with E-state index in [1.165, 1.54) is 12.4 Å². The number of rotatable bonds is 3. The molecule has 0 aliphatic carbocycles. The standard InChI is InChI=1S/C25H19N7O/c1-2-20(33)31-19-12-32-23(17-11-27-8-7-16(17)19)21(22-24(26)29-13-30-25(22)32)15-9-14-5-3-4-6-18(14)28-10-15/h2-11,13,19H,1,12H2,(H,31,33)(H2,26,29,30)/t19-/m0/s1. The summed E-state index contributed by atoms with van der Waals surface area (Å²) in [5.41, 5.74) is 12.6. The van der Waals surface area contributed by atoms with Crippen LogP contribution in [0, 0.1) is 0 Å². The van der Waals surface area contributed by atoms with Gasteiger partial charge in [0.2, 0.25) is 5.91 Å². The summed E-state index contributed by atoms with van der Waals surface area (Å²) >= 11 is 0. The lowest BCUT2D eigenvalue weighted by Gasteiger charge is -2.28. The van der Waals surface area contributed by atoms with Gasteiger partial charge >= 0.3 is 0 Å². The number of carbonyl (C=O) groups is 1. The van der Waals surface area contributed by atoms with Gasteiger partial charge < -0.3 is 15.6 Å². The molecule has 3 N–H and O–H groups in total. The lowest BCUT2D eigenvalue weighted by atomic mass is 9.92. The van der Waals surface area contributed by atoms with Gasteiger partial charge in [0.25, 0.3) is 0 Å². The zero-order valence-electron chi connectivity index (χ0n) is 17.6. The zero-order chi connectivity index (χ0) is 22.5. The van der Waals surface area contributed by atoms with Crippen LogP contribution in [0.1, 0.15) is 11.6 Å². The van der Waals surface area contributed by atoms with Crippen molar-refractivity contribution in [2.45, 2.75) is 12.6 Å². The van der Waals surface area contributed by atoms with Crippen molar-refractivity contribution in [1.82, 2.24) is 29.8 Å². The van der Waals surface area contributed by atoms with E-state index in [2.05, 4.69) is 42.5 Å². The maximum atomic E-state index is 12.2. The van der Waals surface area contributed by atoms with Gasteiger partial charge in [0.15, 0.2) is 0 Å². The predicted molar refractivity (Wildman–Crippen MR) is 127 cm³/mol. The molecule has 0 fully saturated rings. The molecule has 0 bridgehead atoms. The number of para-hydroxylation sites is 1. The summed E-state index contributed by atoms with van der Waals surface area (Å²) in [5.74, 6) is 0.151. The van der Waals surface area contributed by atoms with Crippen LogP contribution < -0.4 is 11.1 Å². The molecule has 0 saturated carbocycles. The fourth-order valence-electron chi connectivity index (χ4n) is 4.68. The Bertz CT molecular complexity index is 1590. The monoisotopic (exact) mass is 433 g/mol. The van der Waals surface area contributed by atoms with Crippen LogP contribution in [-0.2, 0) is 11.3 Å². The van der Waals surface area contributed by atoms with Crippen molar-refractivity contribution in [3.63, 3.8) is 0 Å².